The zero-order valence-corrected chi connectivity index (χ0v) is 22.0. The molecule has 0 aromatic heterocycles. The second kappa shape index (κ2) is 11.6. The number of sulfonamides is 2. The number of phenolic OH excluding ortho intramolecular Hbond substituents is 2. The van der Waals surface area contributed by atoms with Crippen molar-refractivity contribution in [3.05, 3.63) is 97.1 Å². The third kappa shape index (κ3) is 7.27. The van der Waals surface area contributed by atoms with E-state index in [-0.39, 0.29) is 47.2 Å². The predicted molar refractivity (Wildman–Crippen MR) is 151 cm³/mol. The lowest BCUT2D eigenvalue weighted by Crippen LogP contribution is -2.20. The average molecular weight is 553 g/mol. The molecule has 10 heteroatoms. The van der Waals surface area contributed by atoms with Gasteiger partial charge in [0.25, 0.3) is 0 Å². The van der Waals surface area contributed by atoms with E-state index in [1.165, 1.54) is 12.1 Å². The lowest BCUT2D eigenvalue weighted by atomic mass is 10.1. The predicted octanol–water partition coefficient (Wildman–Crippen LogP) is 5.40. The van der Waals surface area contributed by atoms with E-state index in [0.29, 0.717) is 0 Å². The van der Waals surface area contributed by atoms with Gasteiger partial charge in [0.15, 0.2) is 0 Å². The SMILES string of the molecule is O=S(=O)(CCCCS(=O)(=O)Nc1cc(-c2ccccc2)ccc1O)Nc1cc(-c2ccccc2)ccc1O. The number of aromatic hydroxyl groups is 2. The van der Waals surface area contributed by atoms with Gasteiger partial charge in [0.05, 0.1) is 22.9 Å². The zero-order valence-electron chi connectivity index (χ0n) is 20.4. The van der Waals surface area contributed by atoms with E-state index in [0.717, 1.165) is 22.3 Å². The van der Waals surface area contributed by atoms with Crippen LogP contribution in [0.1, 0.15) is 12.8 Å². The summed E-state index contributed by atoms with van der Waals surface area (Å²) in [7, 11) is -7.68. The van der Waals surface area contributed by atoms with Crippen LogP contribution < -0.4 is 9.44 Å². The lowest BCUT2D eigenvalue weighted by Gasteiger charge is -2.13. The molecule has 38 heavy (non-hydrogen) atoms. The van der Waals surface area contributed by atoms with Crippen LogP contribution in [0, 0.1) is 0 Å². The molecule has 0 saturated heterocycles. The van der Waals surface area contributed by atoms with E-state index in [2.05, 4.69) is 9.44 Å². The molecule has 0 atom stereocenters. The number of nitrogens with one attached hydrogen (secondary N) is 2. The number of unbranched alkanes of at least 4 members (excludes halogenated alkanes) is 1. The summed E-state index contributed by atoms with van der Waals surface area (Å²) in [6.07, 6.45) is 0.150. The number of hydrogen-bond donors (Lipinski definition) is 4. The van der Waals surface area contributed by atoms with E-state index in [1.807, 2.05) is 60.7 Å². The number of phenols is 2. The van der Waals surface area contributed by atoms with Crippen molar-refractivity contribution < 1.29 is 27.0 Å². The Morgan fingerprint density at radius 1 is 0.500 bits per heavy atom. The Bertz CT molecular complexity index is 1490. The highest BCUT2D eigenvalue weighted by Gasteiger charge is 2.17. The van der Waals surface area contributed by atoms with Gasteiger partial charge in [0.1, 0.15) is 11.5 Å². The van der Waals surface area contributed by atoms with Gasteiger partial charge in [-0.25, -0.2) is 16.8 Å². The van der Waals surface area contributed by atoms with Crippen LogP contribution in [-0.4, -0.2) is 38.6 Å². The Hall–Kier alpha value is -4.02. The van der Waals surface area contributed by atoms with E-state index < -0.39 is 20.0 Å². The van der Waals surface area contributed by atoms with Crippen molar-refractivity contribution in [1.29, 1.82) is 0 Å². The fraction of sp³-hybridized carbons (Fsp3) is 0.143. The van der Waals surface area contributed by atoms with Gasteiger partial charge in [-0.2, -0.15) is 0 Å². The van der Waals surface area contributed by atoms with Crippen molar-refractivity contribution in [2.75, 3.05) is 20.9 Å². The van der Waals surface area contributed by atoms with Crippen LogP contribution in [0.2, 0.25) is 0 Å². The van der Waals surface area contributed by atoms with Gasteiger partial charge in [-0.05, 0) is 59.4 Å². The smallest absolute Gasteiger partial charge is 0.232 e. The van der Waals surface area contributed by atoms with Crippen LogP contribution >= 0.6 is 0 Å². The van der Waals surface area contributed by atoms with Gasteiger partial charge >= 0.3 is 0 Å². The summed E-state index contributed by atoms with van der Waals surface area (Å²) >= 11 is 0. The first-order valence-corrected chi connectivity index (χ1v) is 15.2. The maximum atomic E-state index is 12.6. The summed E-state index contributed by atoms with van der Waals surface area (Å²) in [4.78, 5) is 0. The first kappa shape index (κ1) is 27.0. The van der Waals surface area contributed by atoms with Gasteiger partial charge in [0, 0.05) is 0 Å². The summed E-state index contributed by atoms with van der Waals surface area (Å²) in [6.45, 7) is 0. The topological polar surface area (TPSA) is 133 Å². The van der Waals surface area contributed by atoms with Crippen LogP contribution in [0.25, 0.3) is 22.3 Å². The van der Waals surface area contributed by atoms with Crippen molar-refractivity contribution in [1.82, 2.24) is 0 Å². The Balaban J connectivity index is 1.34. The summed E-state index contributed by atoms with van der Waals surface area (Å²) in [5.41, 5.74) is 3.30. The maximum Gasteiger partial charge on any atom is 0.232 e. The summed E-state index contributed by atoms with van der Waals surface area (Å²) in [5, 5.41) is 20.3. The number of anilines is 2. The molecule has 0 aliphatic heterocycles. The molecular formula is C28H28N2O6S2. The molecule has 0 radical (unpaired) electrons. The van der Waals surface area contributed by atoms with Crippen molar-refractivity contribution in [3.63, 3.8) is 0 Å². The molecule has 4 rings (SSSR count). The molecule has 0 unspecified atom stereocenters. The molecule has 4 N–H and O–H groups in total. The zero-order chi connectivity index (χ0) is 27.2. The standard InChI is InChI=1S/C28H28N2O6S2/c31-27-15-13-23(21-9-3-1-4-10-21)19-25(27)29-37(33,34)17-7-8-18-38(35,36)30-26-20-24(14-16-28(26)32)22-11-5-2-6-12-22/h1-6,9-16,19-20,29-32H,7-8,17-18H2. The number of rotatable bonds is 11. The largest absolute Gasteiger partial charge is 0.506 e. The van der Waals surface area contributed by atoms with Crippen LogP contribution in [0.5, 0.6) is 11.5 Å². The first-order valence-electron chi connectivity index (χ1n) is 11.9. The average Bonchev–Trinajstić information content (AvgIpc) is 2.90. The number of hydrogen-bond acceptors (Lipinski definition) is 6. The Morgan fingerprint density at radius 3 is 1.24 bits per heavy atom. The molecule has 0 heterocycles. The van der Waals surface area contributed by atoms with Gasteiger partial charge in [-0.3, -0.25) is 9.44 Å². The van der Waals surface area contributed by atoms with Crippen molar-refractivity contribution in [2.45, 2.75) is 12.8 Å². The third-order valence-corrected chi connectivity index (χ3v) is 8.53. The van der Waals surface area contributed by atoms with Crippen molar-refractivity contribution >= 4 is 31.4 Å². The monoisotopic (exact) mass is 552 g/mol. The Kier molecular flexibility index (Phi) is 8.23. The summed E-state index contributed by atoms with van der Waals surface area (Å²) < 4.78 is 55.2. The molecule has 0 bridgehead atoms. The molecule has 198 valence electrons. The molecular weight excluding hydrogens is 524 g/mol. The molecule has 8 nitrogen and oxygen atoms in total. The molecule has 0 saturated carbocycles. The van der Waals surface area contributed by atoms with Gasteiger partial charge < -0.3 is 10.2 Å². The van der Waals surface area contributed by atoms with E-state index >= 15 is 0 Å². The fourth-order valence-corrected chi connectivity index (χ4v) is 6.25. The molecule has 4 aromatic carbocycles. The lowest BCUT2D eigenvalue weighted by molar-refractivity contribution is 0.477. The quantitative estimate of drug-likeness (QED) is 0.146. The van der Waals surface area contributed by atoms with Crippen molar-refractivity contribution in [3.8, 4) is 33.8 Å². The fourth-order valence-electron chi connectivity index (χ4n) is 3.88. The minimum absolute atomic E-state index is 0.0504. The van der Waals surface area contributed by atoms with Crippen LogP contribution in [0.3, 0.4) is 0 Å². The molecule has 0 fully saturated rings. The molecule has 0 aliphatic rings. The number of benzene rings is 4. The van der Waals surface area contributed by atoms with Gasteiger partial charge in [0.2, 0.25) is 20.0 Å². The minimum atomic E-state index is -3.84. The second-order valence-corrected chi connectivity index (χ2v) is 12.4. The highest BCUT2D eigenvalue weighted by atomic mass is 32.2. The molecule has 0 spiro atoms. The van der Waals surface area contributed by atoms with Crippen molar-refractivity contribution in [2.24, 2.45) is 0 Å². The Morgan fingerprint density at radius 2 is 0.868 bits per heavy atom. The third-order valence-electron chi connectivity index (χ3n) is 5.81. The van der Waals surface area contributed by atoms with Gasteiger partial charge in [-0.1, -0.05) is 72.8 Å². The van der Waals surface area contributed by atoms with Crippen LogP contribution in [-0.2, 0) is 20.0 Å². The summed E-state index contributed by atoms with van der Waals surface area (Å²) in [5.74, 6) is -1.08. The maximum absolute atomic E-state index is 12.6. The molecule has 0 amide bonds. The highest BCUT2D eigenvalue weighted by molar-refractivity contribution is 7.93. The minimum Gasteiger partial charge on any atom is -0.506 e. The molecule has 0 aliphatic carbocycles. The normalized spacial score (nSPS) is 11.7. The summed E-state index contributed by atoms with van der Waals surface area (Å²) in [6, 6.07) is 28.0. The Labute approximate surface area is 222 Å². The van der Waals surface area contributed by atoms with Gasteiger partial charge in [-0.15, -0.1) is 0 Å². The highest BCUT2D eigenvalue weighted by Crippen LogP contribution is 2.32. The second-order valence-electron chi connectivity index (χ2n) is 8.74. The first-order chi connectivity index (χ1) is 18.1. The van der Waals surface area contributed by atoms with E-state index in [9.17, 15) is 27.0 Å². The molecule has 4 aromatic rings. The van der Waals surface area contributed by atoms with Crippen LogP contribution in [0.4, 0.5) is 11.4 Å². The van der Waals surface area contributed by atoms with Crippen LogP contribution in [0.15, 0.2) is 97.1 Å². The van der Waals surface area contributed by atoms with E-state index in [4.69, 9.17) is 0 Å². The van der Waals surface area contributed by atoms with E-state index in [1.54, 1.807) is 24.3 Å².